The molecule has 2 N–H and O–H groups in total. The molecule has 0 aliphatic carbocycles. The van der Waals surface area contributed by atoms with E-state index in [1.165, 1.54) is 24.9 Å². The van der Waals surface area contributed by atoms with E-state index < -0.39 is 0 Å². The Kier molecular flexibility index (Phi) is 5.47. The molecule has 0 bridgehead atoms. The number of nitrogens with zero attached hydrogens (tertiary/aromatic N) is 3. The van der Waals surface area contributed by atoms with E-state index in [4.69, 9.17) is 0 Å². The Labute approximate surface area is 164 Å². The minimum absolute atomic E-state index is 0.223. The number of benzene rings is 2. The van der Waals surface area contributed by atoms with Crippen LogP contribution in [0.15, 0.2) is 67.0 Å². The van der Waals surface area contributed by atoms with Gasteiger partial charge in [0.1, 0.15) is 17.8 Å². The van der Waals surface area contributed by atoms with E-state index in [0.717, 1.165) is 24.3 Å². The van der Waals surface area contributed by atoms with Crippen LogP contribution in [0.5, 0.6) is 0 Å². The fourth-order valence-electron chi connectivity index (χ4n) is 3.30. The lowest BCUT2D eigenvalue weighted by Crippen LogP contribution is -2.24. The molecule has 6 heteroatoms. The van der Waals surface area contributed by atoms with Gasteiger partial charge in [0.2, 0.25) is 0 Å². The summed E-state index contributed by atoms with van der Waals surface area (Å²) in [5.41, 5.74) is 3.55. The maximum atomic E-state index is 12.4. The summed E-state index contributed by atoms with van der Waals surface area (Å²) in [6, 6.07) is 19.7. The van der Waals surface area contributed by atoms with Crippen LogP contribution >= 0.6 is 0 Å². The van der Waals surface area contributed by atoms with E-state index in [1.54, 1.807) is 6.07 Å². The van der Waals surface area contributed by atoms with Crippen molar-refractivity contribution in [2.45, 2.75) is 19.4 Å². The van der Waals surface area contributed by atoms with Gasteiger partial charge in [0.25, 0.3) is 5.91 Å². The molecule has 1 fully saturated rings. The molecule has 6 nitrogen and oxygen atoms in total. The van der Waals surface area contributed by atoms with Crippen molar-refractivity contribution in [3.63, 3.8) is 0 Å². The average molecular weight is 373 g/mol. The molecule has 1 aliphatic heterocycles. The summed E-state index contributed by atoms with van der Waals surface area (Å²) in [5.74, 6) is 0.368. The van der Waals surface area contributed by atoms with E-state index in [2.05, 4.69) is 37.6 Å². The Bertz CT molecular complexity index is 921. The quantitative estimate of drug-likeness (QED) is 0.689. The molecule has 142 valence electrons. The molecule has 0 radical (unpaired) electrons. The van der Waals surface area contributed by atoms with Crippen molar-refractivity contribution in [1.29, 1.82) is 0 Å². The summed E-state index contributed by atoms with van der Waals surface area (Å²) in [5, 5.41) is 6.12. The molecule has 1 amide bonds. The van der Waals surface area contributed by atoms with Gasteiger partial charge in [-0.05, 0) is 42.7 Å². The Morgan fingerprint density at radius 1 is 0.964 bits per heavy atom. The molecule has 1 aromatic heterocycles. The second-order valence-electron chi connectivity index (χ2n) is 6.82. The van der Waals surface area contributed by atoms with Crippen LogP contribution in [-0.2, 0) is 6.54 Å². The number of nitrogens with one attached hydrogen (secondary N) is 2. The van der Waals surface area contributed by atoms with Crippen LogP contribution < -0.4 is 15.5 Å². The monoisotopic (exact) mass is 373 g/mol. The molecule has 0 spiro atoms. The SMILES string of the molecule is O=C(NCc1ccccc1)c1cc(Nc2ccc(N3CCCC3)cc2)ncn1. The van der Waals surface area contributed by atoms with Crippen LogP contribution in [0.1, 0.15) is 28.9 Å². The lowest BCUT2D eigenvalue weighted by molar-refractivity contribution is 0.0946. The van der Waals surface area contributed by atoms with Gasteiger partial charge in [-0.25, -0.2) is 9.97 Å². The molecule has 2 heterocycles. The lowest BCUT2D eigenvalue weighted by Gasteiger charge is -2.17. The first kappa shape index (κ1) is 18.0. The molecular weight excluding hydrogens is 350 g/mol. The maximum absolute atomic E-state index is 12.4. The molecule has 28 heavy (non-hydrogen) atoms. The summed E-state index contributed by atoms with van der Waals surface area (Å²) in [4.78, 5) is 23.1. The number of amides is 1. The number of carbonyl (C=O) groups is 1. The Balaban J connectivity index is 1.38. The van der Waals surface area contributed by atoms with Gasteiger partial charge in [-0.15, -0.1) is 0 Å². The molecule has 2 aromatic carbocycles. The molecule has 0 atom stereocenters. The highest BCUT2D eigenvalue weighted by molar-refractivity contribution is 5.92. The summed E-state index contributed by atoms with van der Waals surface area (Å²) < 4.78 is 0. The highest BCUT2D eigenvalue weighted by atomic mass is 16.1. The van der Waals surface area contributed by atoms with Gasteiger partial charge >= 0.3 is 0 Å². The van der Waals surface area contributed by atoms with Gasteiger partial charge in [-0.1, -0.05) is 30.3 Å². The summed E-state index contributed by atoms with van der Waals surface area (Å²) in [6.45, 7) is 2.71. The van der Waals surface area contributed by atoms with Gasteiger partial charge in [0, 0.05) is 37.1 Å². The Morgan fingerprint density at radius 3 is 2.46 bits per heavy atom. The maximum Gasteiger partial charge on any atom is 0.270 e. The first-order chi connectivity index (χ1) is 13.8. The lowest BCUT2D eigenvalue weighted by atomic mass is 10.2. The fourth-order valence-corrected chi connectivity index (χ4v) is 3.30. The molecule has 4 rings (SSSR count). The predicted octanol–water partition coefficient (Wildman–Crippen LogP) is 3.75. The number of hydrogen-bond donors (Lipinski definition) is 2. The van der Waals surface area contributed by atoms with Crippen molar-refractivity contribution in [3.8, 4) is 0 Å². The summed E-state index contributed by atoms with van der Waals surface area (Å²) in [7, 11) is 0. The third-order valence-corrected chi connectivity index (χ3v) is 4.81. The number of aromatic nitrogens is 2. The Hall–Kier alpha value is -3.41. The van der Waals surface area contributed by atoms with Crippen LogP contribution in [0, 0.1) is 0 Å². The average Bonchev–Trinajstić information content (AvgIpc) is 3.28. The van der Waals surface area contributed by atoms with E-state index in [-0.39, 0.29) is 5.91 Å². The molecule has 3 aromatic rings. The van der Waals surface area contributed by atoms with Crippen molar-refractivity contribution in [2.75, 3.05) is 23.3 Å². The van der Waals surface area contributed by atoms with Gasteiger partial charge in [-0.2, -0.15) is 0 Å². The van der Waals surface area contributed by atoms with Crippen LogP contribution in [0.3, 0.4) is 0 Å². The van der Waals surface area contributed by atoms with E-state index in [1.807, 2.05) is 42.5 Å². The predicted molar refractivity (Wildman–Crippen MR) is 111 cm³/mol. The number of hydrogen-bond acceptors (Lipinski definition) is 5. The van der Waals surface area contributed by atoms with Crippen molar-refractivity contribution in [2.24, 2.45) is 0 Å². The second-order valence-corrected chi connectivity index (χ2v) is 6.82. The van der Waals surface area contributed by atoms with Crippen molar-refractivity contribution < 1.29 is 4.79 Å². The first-order valence-corrected chi connectivity index (χ1v) is 9.54. The standard InChI is InChI=1S/C22H23N5O/c28-22(23-15-17-6-2-1-3-7-17)20-14-21(25-16-24-20)26-18-8-10-19(11-9-18)27-12-4-5-13-27/h1-3,6-11,14,16H,4-5,12-13,15H2,(H,23,28)(H,24,25,26). The zero-order chi connectivity index (χ0) is 19.2. The second kappa shape index (κ2) is 8.52. The smallest absolute Gasteiger partial charge is 0.270 e. The zero-order valence-electron chi connectivity index (χ0n) is 15.6. The van der Waals surface area contributed by atoms with E-state index >= 15 is 0 Å². The van der Waals surface area contributed by atoms with Crippen LogP contribution in [-0.4, -0.2) is 29.0 Å². The van der Waals surface area contributed by atoms with Gasteiger partial charge < -0.3 is 15.5 Å². The van der Waals surface area contributed by atoms with E-state index in [9.17, 15) is 4.79 Å². The van der Waals surface area contributed by atoms with Gasteiger partial charge in [0.05, 0.1) is 0 Å². The third kappa shape index (κ3) is 4.46. The molecule has 1 saturated heterocycles. The Morgan fingerprint density at radius 2 is 1.71 bits per heavy atom. The zero-order valence-corrected chi connectivity index (χ0v) is 15.6. The highest BCUT2D eigenvalue weighted by Gasteiger charge is 2.12. The van der Waals surface area contributed by atoms with Crippen LogP contribution in [0.25, 0.3) is 0 Å². The topological polar surface area (TPSA) is 70.2 Å². The molecule has 0 unspecified atom stereocenters. The number of anilines is 3. The largest absolute Gasteiger partial charge is 0.372 e. The first-order valence-electron chi connectivity index (χ1n) is 9.54. The fraction of sp³-hybridized carbons (Fsp3) is 0.227. The minimum Gasteiger partial charge on any atom is -0.372 e. The minimum atomic E-state index is -0.223. The van der Waals surface area contributed by atoms with Gasteiger partial charge in [-0.3, -0.25) is 4.79 Å². The van der Waals surface area contributed by atoms with Crippen LogP contribution in [0.2, 0.25) is 0 Å². The highest BCUT2D eigenvalue weighted by Crippen LogP contribution is 2.23. The number of rotatable bonds is 6. The van der Waals surface area contributed by atoms with E-state index in [0.29, 0.717) is 18.1 Å². The van der Waals surface area contributed by atoms with Crippen molar-refractivity contribution in [3.05, 3.63) is 78.2 Å². The van der Waals surface area contributed by atoms with Crippen molar-refractivity contribution >= 4 is 23.1 Å². The normalized spacial score (nSPS) is 13.4. The number of carbonyl (C=O) groups excluding carboxylic acids is 1. The van der Waals surface area contributed by atoms with Crippen LogP contribution in [0.4, 0.5) is 17.2 Å². The summed E-state index contributed by atoms with van der Waals surface area (Å²) in [6.07, 6.45) is 3.92. The van der Waals surface area contributed by atoms with Gasteiger partial charge in [0.15, 0.2) is 0 Å². The molecular formula is C22H23N5O. The molecule has 1 aliphatic rings. The summed E-state index contributed by atoms with van der Waals surface area (Å²) >= 11 is 0. The third-order valence-electron chi connectivity index (χ3n) is 4.81. The molecule has 0 saturated carbocycles. The van der Waals surface area contributed by atoms with Crippen molar-refractivity contribution in [1.82, 2.24) is 15.3 Å².